The van der Waals surface area contributed by atoms with Crippen LogP contribution in [-0.2, 0) is 28.7 Å². The summed E-state index contributed by atoms with van der Waals surface area (Å²) >= 11 is 0. The van der Waals surface area contributed by atoms with Crippen molar-refractivity contribution in [1.29, 1.82) is 0 Å². The zero-order chi connectivity index (χ0) is 19.0. The molecule has 0 aliphatic rings. The number of aliphatic hydroxyl groups is 3. The topological polar surface area (TPSA) is 155 Å². The van der Waals surface area contributed by atoms with Crippen LogP contribution < -0.4 is 0 Å². The molecule has 128 valence electrons. The van der Waals surface area contributed by atoms with Crippen molar-refractivity contribution in [3.63, 3.8) is 0 Å². The first-order chi connectivity index (χ1) is 10.4. The molecule has 22 heavy (non-hydrogen) atoms. The SMILES string of the molecule is CC[C@H](O)C(=O)OC.CC[C@H](O)CO.O=C=O.O=C=O.[B]C. The summed E-state index contributed by atoms with van der Waals surface area (Å²) in [6.07, 6.45) is 0.0911. The van der Waals surface area contributed by atoms with Crippen LogP contribution in [0.2, 0.25) is 6.82 Å². The summed E-state index contributed by atoms with van der Waals surface area (Å²) in [4.78, 5) is 42.8. The fraction of sp³-hybridized carbons (Fsp3) is 0.750. The molecule has 2 radical (unpaired) electrons. The van der Waals surface area contributed by atoms with E-state index in [1.165, 1.54) is 13.9 Å². The molecule has 0 spiro atoms. The smallest absolute Gasteiger partial charge is 0.373 e. The molecule has 0 amide bonds. The van der Waals surface area contributed by atoms with Gasteiger partial charge in [0.05, 0.1) is 27.7 Å². The van der Waals surface area contributed by atoms with Crippen LogP contribution in [0.3, 0.4) is 0 Å². The maximum Gasteiger partial charge on any atom is 0.373 e. The minimum absolute atomic E-state index is 0.115. The van der Waals surface area contributed by atoms with Crippen LogP contribution >= 0.6 is 0 Å². The van der Waals surface area contributed by atoms with Gasteiger partial charge in [-0.15, -0.1) is 0 Å². The van der Waals surface area contributed by atoms with E-state index in [-0.39, 0.29) is 18.9 Å². The van der Waals surface area contributed by atoms with Crippen molar-refractivity contribution in [2.45, 2.75) is 45.7 Å². The number of hydrogen-bond donors (Lipinski definition) is 3. The molecule has 0 aliphatic heterocycles. The summed E-state index contributed by atoms with van der Waals surface area (Å²) in [5, 5.41) is 25.2. The van der Waals surface area contributed by atoms with Crippen LogP contribution in [0.1, 0.15) is 26.7 Å². The molecule has 0 saturated heterocycles. The maximum absolute atomic E-state index is 10.3. The summed E-state index contributed by atoms with van der Waals surface area (Å²) in [6, 6.07) is 0. The predicted octanol–water partition coefficient (Wildman–Crippen LogP) is -1.28. The highest BCUT2D eigenvalue weighted by molar-refractivity contribution is 6.05. The van der Waals surface area contributed by atoms with Crippen LogP contribution in [0, 0.1) is 0 Å². The number of esters is 1. The van der Waals surface area contributed by atoms with E-state index in [1.807, 2.05) is 6.92 Å². The lowest BCUT2D eigenvalue weighted by Gasteiger charge is -2.01. The molecule has 0 rings (SSSR count). The van der Waals surface area contributed by atoms with Gasteiger partial charge < -0.3 is 20.1 Å². The van der Waals surface area contributed by atoms with Crippen LogP contribution in [0.5, 0.6) is 0 Å². The quantitative estimate of drug-likeness (QED) is 0.423. The van der Waals surface area contributed by atoms with Gasteiger partial charge in [-0.05, 0) is 12.8 Å². The van der Waals surface area contributed by atoms with Gasteiger partial charge in [0.1, 0.15) is 0 Å². The van der Waals surface area contributed by atoms with Crippen molar-refractivity contribution >= 4 is 26.1 Å². The average molecular weight is 322 g/mol. The molecule has 0 heterocycles. The van der Waals surface area contributed by atoms with Gasteiger partial charge in [0.25, 0.3) is 0 Å². The average Bonchev–Trinajstić information content (AvgIpc) is 2.56. The fourth-order valence-electron chi connectivity index (χ4n) is 0.432. The molecular formula is C12H23BO9. The second-order valence-corrected chi connectivity index (χ2v) is 2.86. The molecular weight excluding hydrogens is 299 g/mol. The van der Waals surface area contributed by atoms with Crippen LogP contribution in [0.15, 0.2) is 0 Å². The molecule has 0 aromatic rings. The summed E-state index contributed by atoms with van der Waals surface area (Å²) < 4.78 is 4.21. The molecule has 9 nitrogen and oxygen atoms in total. The lowest BCUT2D eigenvalue weighted by atomic mass is 10.2. The number of carbonyl (C=O) groups excluding carboxylic acids is 5. The number of rotatable bonds is 4. The van der Waals surface area contributed by atoms with Gasteiger partial charge in [0.2, 0.25) is 0 Å². The third-order valence-electron chi connectivity index (χ3n) is 1.54. The standard InChI is InChI=1S/C5H10O3.C4H10O2.CH3B.2CO2/c1-3-4(6)5(7)8-2;1-2-4(6)3-5;1-2;2*2-1-3/h4,6H,3H2,1-2H3;4-6H,2-3H2,1H3;1H3;;/t2*4-;;;/m00.../s1. The number of methoxy groups -OCH3 is 1. The van der Waals surface area contributed by atoms with Crippen molar-refractivity contribution in [2.24, 2.45) is 0 Å². The lowest BCUT2D eigenvalue weighted by Crippen LogP contribution is -2.20. The van der Waals surface area contributed by atoms with E-state index < -0.39 is 18.2 Å². The normalized spacial score (nSPS) is 9.59. The van der Waals surface area contributed by atoms with Gasteiger partial charge in [-0.1, -0.05) is 20.7 Å². The Morgan fingerprint density at radius 1 is 1.05 bits per heavy atom. The van der Waals surface area contributed by atoms with Gasteiger partial charge in [0.15, 0.2) is 6.10 Å². The maximum atomic E-state index is 10.3. The summed E-state index contributed by atoms with van der Waals surface area (Å²) in [7, 11) is 5.75. The van der Waals surface area contributed by atoms with E-state index in [2.05, 4.69) is 12.6 Å². The summed E-state index contributed by atoms with van der Waals surface area (Å²) in [6.45, 7) is 4.92. The van der Waals surface area contributed by atoms with Gasteiger partial charge in [0, 0.05) is 0 Å². The number of ether oxygens (including phenoxy) is 1. The molecule has 0 aromatic carbocycles. The Hall–Kier alpha value is -1.83. The second-order valence-electron chi connectivity index (χ2n) is 2.86. The summed E-state index contributed by atoms with van der Waals surface area (Å²) in [5.41, 5.74) is 0. The first-order valence-electron chi connectivity index (χ1n) is 5.97. The van der Waals surface area contributed by atoms with Crippen molar-refractivity contribution in [3.05, 3.63) is 0 Å². The van der Waals surface area contributed by atoms with Crippen LogP contribution in [0.25, 0.3) is 0 Å². The van der Waals surface area contributed by atoms with Gasteiger partial charge in [-0.25, -0.2) is 4.79 Å². The third-order valence-corrected chi connectivity index (χ3v) is 1.54. The van der Waals surface area contributed by atoms with E-state index >= 15 is 0 Å². The largest absolute Gasteiger partial charge is 0.467 e. The van der Waals surface area contributed by atoms with E-state index in [1.54, 1.807) is 6.92 Å². The number of carbonyl (C=O) groups is 1. The molecule has 3 N–H and O–H groups in total. The van der Waals surface area contributed by atoms with E-state index in [4.69, 9.17) is 34.5 Å². The Labute approximate surface area is 130 Å². The molecule has 0 aromatic heterocycles. The minimum atomic E-state index is -0.944. The Morgan fingerprint density at radius 3 is 1.41 bits per heavy atom. The highest BCUT2D eigenvalue weighted by Crippen LogP contribution is 1.90. The predicted molar refractivity (Wildman–Crippen MR) is 73.3 cm³/mol. The molecule has 2 atom stereocenters. The minimum Gasteiger partial charge on any atom is -0.467 e. The van der Waals surface area contributed by atoms with Gasteiger partial charge in [-0.2, -0.15) is 19.2 Å². The van der Waals surface area contributed by atoms with E-state index in [0.29, 0.717) is 12.8 Å². The number of hydrogen-bond acceptors (Lipinski definition) is 9. The van der Waals surface area contributed by atoms with Crippen molar-refractivity contribution in [3.8, 4) is 0 Å². The van der Waals surface area contributed by atoms with Gasteiger partial charge in [-0.3, -0.25) is 0 Å². The lowest BCUT2D eigenvalue weighted by molar-refractivity contribution is -0.193. The highest BCUT2D eigenvalue weighted by Gasteiger charge is 2.10. The zero-order valence-corrected chi connectivity index (χ0v) is 13.1. The van der Waals surface area contributed by atoms with Crippen LogP contribution in [-0.4, -0.2) is 67.4 Å². The fourth-order valence-corrected chi connectivity index (χ4v) is 0.432. The zero-order valence-electron chi connectivity index (χ0n) is 13.1. The first-order valence-corrected chi connectivity index (χ1v) is 5.97. The van der Waals surface area contributed by atoms with Gasteiger partial charge >= 0.3 is 18.3 Å². The monoisotopic (exact) mass is 322 g/mol. The second kappa shape index (κ2) is 36.5. The number of aliphatic hydroxyl groups excluding tert-OH is 3. The molecule has 0 fully saturated rings. The van der Waals surface area contributed by atoms with E-state index in [0.717, 1.165) is 0 Å². The Balaban J connectivity index is -0.0000000608. The Bertz CT molecular complexity index is 256. The first kappa shape index (κ1) is 32.2. The highest BCUT2D eigenvalue weighted by atomic mass is 16.5. The van der Waals surface area contributed by atoms with Crippen molar-refractivity contribution in [2.75, 3.05) is 13.7 Å². The van der Waals surface area contributed by atoms with E-state index in [9.17, 15) is 4.79 Å². The van der Waals surface area contributed by atoms with Crippen LogP contribution in [0.4, 0.5) is 0 Å². The molecule has 0 aliphatic carbocycles. The molecule has 10 heteroatoms. The Morgan fingerprint density at radius 2 is 1.36 bits per heavy atom. The summed E-state index contributed by atoms with van der Waals surface area (Å²) in [5.74, 6) is -0.563. The molecule has 0 saturated carbocycles. The van der Waals surface area contributed by atoms with Crippen molar-refractivity contribution < 1.29 is 44.0 Å². The van der Waals surface area contributed by atoms with Crippen molar-refractivity contribution in [1.82, 2.24) is 0 Å². The molecule has 0 unspecified atom stereocenters. The molecule has 0 bridgehead atoms. The Kier molecular flexibility index (Phi) is 53.4. The third kappa shape index (κ3) is 51.8.